The largest absolute Gasteiger partial charge is 0.497 e. The number of rotatable bonds is 8. The Morgan fingerprint density at radius 2 is 1.75 bits per heavy atom. The van der Waals surface area contributed by atoms with Gasteiger partial charge in [0.15, 0.2) is 0 Å². The van der Waals surface area contributed by atoms with Crippen LogP contribution in [0.5, 0.6) is 5.75 Å². The SMILES string of the molecule is COc1ccc(CCNS(=O)(=O)c2ccc(NC(=O)c3ccc(Cl)cc3Cl)c(F)c2)cc1. The quantitative estimate of drug-likeness (QED) is 0.463. The maximum absolute atomic E-state index is 14.5. The summed E-state index contributed by atoms with van der Waals surface area (Å²) < 4.78 is 47.0. The van der Waals surface area contributed by atoms with Gasteiger partial charge in [-0.05, 0) is 60.5 Å². The van der Waals surface area contributed by atoms with E-state index >= 15 is 0 Å². The zero-order valence-electron chi connectivity index (χ0n) is 16.9. The van der Waals surface area contributed by atoms with Crippen LogP contribution in [0.2, 0.25) is 10.0 Å². The molecule has 2 N–H and O–H groups in total. The van der Waals surface area contributed by atoms with Gasteiger partial charge in [-0.3, -0.25) is 4.79 Å². The summed E-state index contributed by atoms with van der Waals surface area (Å²) in [5.74, 6) is -0.851. The molecule has 3 aromatic carbocycles. The molecule has 32 heavy (non-hydrogen) atoms. The van der Waals surface area contributed by atoms with Crippen LogP contribution in [0.4, 0.5) is 10.1 Å². The lowest BCUT2D eigenvalue weighted by Gasteiger charge is -2.11. The molecule has 3 aromatic rings. The van der Waals surface area contributed by atoms with Crippen molar-refractivity contribution in [3.63, 3.8) is 0 Å². The standard InChI is InChI=1S/C22H19Cl2FN2O4S/c1-31-16-5-2-14(3-6-16)10-11-26-32(29,30)17-7-9-21(20(25)13-17)27-22(28)18-8-4-15(23)12-19(18)24/h2-9,12-13,26H,10-11H2,1H3,(H,27,28). The van der Waals surface area contributed by atoms with Crippen molar-refractivity contribution in [1.29, 1.82) is 0 Å². The molecule has 168 valence electrons. The van der Waals surface area contributed by atoms with E-state index in [0.717, 1.165) is 11.6 Å². The lowest BCUT2D eigenvalue weighted by atomic mass is 10.1. The number of sulfonamides is 1. The van der Waals surface area contributed by atoms with Gasteiger partial charge in [-0.15, -0.1) is 0 Å². The second-order valence-corrected chi connectivity index (χ2v) is 9.33. The molecule has 10 heteroatoms. The molecule has 0 fully saturated rings. The number of nitrogens with one attached hydrogen (secondary N) is 2. The summed E-state index contributed by atoms with van der Waals surface area (Å²) in [5, 5.41) is 2.83. The Morgan fingerprint density at radius 1 is 1.03 bits per heavy atom. The van der Waals surface area contributed by atoms with Gasteiger partial charge in [0.2, 0.25) is 10.0 Å². The molecule has 0 spiro atoms. The van der Waals surface area contributed by atoms with Crippen LogP contribution < -0.4 is 14.8 Å². The third kappa shape index (κ3) is 5.98. The molecule has 0 aliphatic carbocycles. The van der Waals surface area contributed by atoms with Crippen molar-refractivity contribution in [3.8, 4) is 5.75 Å². The molecule has 0 radical (unpaired) electrons. The van der Waals surface area contributed by atoms with Crippen molar-refractivity contribution in [3.05, 3.63) is 87.7 Å². The highest BCUT2D eigenvalue weighted by molar-refractivity contribution is 7.89. The summed E-state index contributed by atoms with van der Waals surface area (Å²) in [4.78, 5) is 12.1. The molecule has 0 atom stereocenters. The van der Waals surface area contributed by atoms with E-state index in [2.05, 4.69) is 10.0 Å². The van der Waals surface area contributed by atoms with Crippen molar-refractivity contribution in [2.75, 3.05) is 19.0 Å². The van der Waals surface area contributed by atoms with Gasteiger partial charge >= 0.3 is 0 Å². The van der Waals surface area contributed by atoms with Crippen molar-refractivity contribution in [2.45, 2.75) is 11.3 Å². The lowest BCUT2D eigenvalue weighted by molar-refractivity contribution is 0.102. The van der Waals surface area contributed by atoms with E-state index < -0.39 is 21.7 Å². The van der Waals surface area contributed by atoms with Crippen molar-refractivity contribution in [2.24, 2.45) is 0 Å². The first-order valence-corrected chi connectivity index (χ1v) is 11.6. The summed E-state index contributed by atoms with van der Waals surface area (Å²) in [6.45, 7) is 0.129. The highest BCUT2D eigenvalue weighted by Gasteiger charge is 2.18. The summed E-state index contributed by atoms with van der Waals surface area (Å²) >= 11 is 11.8. The van der Waals surface area contributed by atoms with Gasteiger partial charge in [-0.25, -0.2) is 17.5 Å². The van der Waals surface area contributed by atoms with Gasteiger partial charge < -0.3 is 10.1 Å². The highest BCUT2D eigenvalue weighted by Crippen LogP contribution is 2.24. The summed E-state index contributed by atoms with van der Waals surface area (Å²) in [7, 11) is -2.38. The fraction of sp³-hybridized carbons (Fsp3) is 0.136. The Balaban J connectivity index is 1.65. The van der Waals surface area contributed by atoms with Gasteiger partial charge in [0.25, 0.3) is 5.91 Å². The molecule has 0 aromatic heterocycles. The van der Waals surface area contributed by atoms with Crippen LogP contribution in [0.15, 0.2) is 65.6 Å². The fourth-order valence-electron chi connectivity index (χ4n) is 2.83. The topological polar surface area (TPSA) is 84.5 Å². The predicted octanol–water partition coefficient (Wildman–Crippen LogP) is 4.91. The summed E-state index contributed by atoms with van der Waals surface area (Å²) in [6.07, 6.45) is 0.446. The second-order valence-electron chi connectivity index (χ2n) is 6.72. The van der Waals surface area contributed by atoms with Crippen LogP contribution in [0.1, 0.15) is 15.9 Å². The number of anilines is 1. The average molecular weight is 497 g/mol. The number of halogens is 3. The smallest absolute Gasteiger partial charge is 0.257 e. The maximum Gasteiger partial charge on any atom is 0.257 e. The number of ether oxygens (including phenoxy) is 1. The van der Waals surface area contributed by atoms with Crippen molar-refractivity contribution >= 4 is 44.8 Å². The Hall–Kier alpha value is -2.65. The number of hydrogen-bond donors (Lipinski definition) is 2. The van der Waals surface area contributed by atoms with E-state index in [9.17, 15) is 17.6 Å². The molecular formula is C22H19Cl2FN2O4S. The molecule has 6 nitrogen and oxygen atoms in total. The first-order valence-electron chi connectivity index (χ1n) is 9.38. The minimum atomic E-state index is -3.94. The number of carbonyl (C=O) groups is 1. The third-order valence-electron chi connectivity index (χ3n) is 4.54. The molecule has 0 heterocycles. The molecule has 3 rings (SSSR count). The van der Waals surface area contributed by atoms with Crippen LogP contribution in [0.25, 0.3) is 0 Å². The first-order chi connectivity index (χ1) is 15.2. The van der Waals surface area contributed by atoms with E-state index in [1.54, 1.807) is 19.2 Å². The lowest BCUT2D eigenvalue weighted by Crippen LogP contribution is -2.26. The second kappa shape index (κ2) is 10.3. The Kier molecular flexibility index (Phi) is 7.73. The number of hydrogen-bond acceptors (Lipinski definition) is 4. The van der Waals surface area contributed by atoms with Gasteiger partial charge in [0, 0.05) is 11.6 Å². The van der Waals surface area contributed by atoms with Crippen molar-refractivity contribution in [1.82, 2.24) is 4.72 Å². The van der Waals surface area contributed by atoms with Crippen molar-refractivity contribution < 1.29 is 22.3 Å². The number of amides is 1. The number of methoxy groups -OCH3 is 1. The van der Waals surface area contributed by atoms with Crippen LogP contribution in [-0.4, -0.2) is 28.0 Å². The monoisotopic (exact) mass is 496 g/mol. The average Bonchev–Trinajstić information content (AvgIpc) is 2.75. The third-order valence-corrected chi connectivity index (χ3v) is 6.55. The zero-order valence-corrected chi connectivity index (χ0v) is 19.2. The molecule has 0 saturated heterocycles. The van der Waals surface area contributed by atoms with Crippen LogP contribution >= 0.6 is 23.2 Å². The fourth-order valence-corrected chi connectivity index (χ4v) is 4.37. The van der Waals surface area contributed by atoms with Gasteiger partial charge in [0.1, 0.15) is 11.6 Å². The maximum atomic E-state index is 14.5. The van der Waals surface area contributed by atoms with E-state index in [4.69, 9.17) is 27.9 Å². The van der Waals surface area contributed by atoms with Crippen LogP contribution in [-0.2, 0) is 16.4 Å². The Labute approximate surface area is 195 Å². The van der Waals surface area contributed by atoms with Gasteiger partial charge in [-0.2, -0.15) is 0 Å². The molecule has 0 aliphatic heterocycles. The van der Waals surface area contributed by atoms with E-state index in [1.165, 1.54) is 30.3 Å². The Bertz CT molecular complexity index is 1240. The van der Waals surface area contributed by atoms with E-state index in [1.807, 2.05) is 12.1 Å². The molecule has 0 unspecified atom stereocenters. The minimum Gasteiger partial charge on any atom is -0.497 e. The summed E-state index contributed by atoms with van der Waals surface area (Å²) in [5.41, 5.74) is 0.837. The van der Waals surface area contributed by atoms with Crippen LogP contribution in [0, 0.1) is 5.82 Å². The zero-order chi connectivity index (χ0) is 23.3. The number of carbonyl (C=O) groups excluding carboxylic acids is 1. The molecular weight excluding hydrogens is 478 g/mol. The van der Waals surface area contributed by atoms with Gasteiger partial charge in [0.05, 0.1) is 28.3 Å². The summed E-state index contributed by atoms with van der Waals surface area (Å²) in [6, 6.07) is 14.7. The molecule has 0 aliphatic rings. The van der Waals surface area contributed by atoms with E-state index in [0.29, 0.717) is 17.2 Å². The van der Waals surface area contributed by atoms with E-state index in [-0.39, 0.29) is 27.7 Å². The van der Waals surface area contributed by atoms with Gasteiger partial charge in [-0.1, -0.05) is 35.3 Å². The normalized spacial score (nSPS) is 11.2. The number of benzene rings is 3. The molecule has 0 saturated carbocycles. The molecule has 1 amide bonds. The highest BCUT2D eigenvalue weighted by atomic mass is 35.5. The predicted molar refractivity (Wildman–Crippen MR) is 123 cm³/mol. The first kappa shape index (κ1) is 24.0. The van der Waals surface area contributed by atoms with Crippen LogP contribution in [0.3, 0.4) is 0 Å². The Morgan fingerprint density at radius 3 is 2.38 bits per heavy atom. The molecule has 0 bridgehead atoms. The minimum absolute atomic E-state index is 0.104.